The number of amides is 3. The summed E-state index contributed by atoms with van der Waals surface area (Å²) in [6.45, 7) is 1.61. The number of furan rings is 1. The molecule has 7 heteroatoms. The molecule has 3 aromatic rings. The number of methoxy groups -OCH3 is 1. The van der Waals surface area contributed by atoms with Crippen molar-refractivity contribution in [3.05, 3.63) is 36.4 Å². The molecule has 0 fully saturated rings. The number of para-hydroxylation sites is 1. The molecule has 0 aliphatic heterocycles. The molecule has 1 heterocycles. The Labute approximate surface area is 137 Å². The Morgan fingerprint density at radius 1 is 1.17 bits per heavy atom. The van der Waals surface area contributed by atoms with Crippen LogP contribution in [0.2, 0.25) is 0 Å². The Morgan fingerprint density at radius 2 is 1.92 bits per heavy atom. The van der Waals surface area contributed by atoms with E-state index in [0.29, 0.717) is 17.0 Å². The molecule has 2 aromatic carbocycles. The number of hydrogen-bond donors (Lipinski definition) is 3. The molecule has 0 aliphatic rings. The third-order valence-electron chi connectivity index (χ3n) is 3.71. The fraction of sp³-hybridized carbons (Fsp3) is 0.176. The molecule has 3 amide bonds. The number of carbonyl (C=O) groups excluding carboxylic acids is 2. The summed E-state index contributed by atoms with van der Waals surface area (Å²) in [4.78, 5) is 22.6. The molecule has 0 radical (unpaired) electrons. The van der Waals surface area contributed by atoms with E-state index in [0.717, 1.165) is 16.4 Å². The number of primary amides is 1. The van der Waals surface area contributed by atoms with Crippen LogP contribution in [0.5, 0.6) is 5.75 Å². The van der Waals surface area contributed by atoms with Crippen molar-refractivity contribution in [3.8, 4) is 5.75 Å². The number of anilines is 1. The van der Waals surface area contributed by atoms with Crippen molar-refractivity contribution < 1.29 is 18.7 Å². The predicted molar refractivity (Wildman–Crippen MR) is 91.1 cm³/mol. The summed E-state index contributed by atoms with van der Waals surface area (Å²) in [5.74, 6) is 0.0297. The van der Waals surface area contributed by atoms with Crippen LogP contribution in [-0.4, -0.2) is 25.1 Å². The average molecular weight is 327 g/mol. The molecule has 0 bridgehead atoms. The van der Waals surface area contributed by atoms with Crippen LogP contribution in [0.25, 0.3) is 21.9 Å². The number of carbonyl (C=O) groups is 2. The second-order valence-corrected chi connectivity index (χ2v) is 5.37. The fourth-order valence-electron chi connectivity index (χ4n) is 2.56. The Balaban J connectivity index is 1.99. The SMILES string of the molecule is COc1cc2c(cc1N[C@@H](C)C(=O)NC(N)=O)oc1ccccc12. The van der Waals surface area contributed by atoms with Crippen molar-refractivity contribution in [2.45, 2.75) is 13.0 Å². The first kappa shape index (κ1) is 15.7. The normalized spacial score (nSPS) is 12.1. The van der Waals surface area contributed by atoms with Crippen LogP contribution in [0.4, 0.5) is 10.5 Å². The lowest BCUT2D eigenvalue weighted by atomic mass is 10.1. The van der Waals surface area contributed by atoms with E-state index >= 15 is 0 Å². The van der Waals surface area contributed by atoms with Gasteiger partial charge in [0.15, 0.2) is 0 Å². The van der Waals surface area contributed by atoms with Gasteiger partial charge in [-0.25, -0.2) is 4.79 Å². The first-order chi connectivity index (χ1) is 11.5. The van der Waals surface area contributed by atoms with Gasteiger partial charge < -0.3 is 20.2 Å². The van der Waals surface area contributed by atoms with Crippen molar-refractivity contribution in [1.29, 1.82) is 0 Å². The monoisotopic (exact) mass is 327 g/mol. The number of imide groups is 1. The molecule has 0 aliphatic carbocycles. The summed E-state index contributed by atoms with van der Waals surface area (Å²) in [6, 6.07) is 9.73. The summed E-state index contributed by atoms with van der Waals surface area (Å²) >= 11 is 0. The zero-order valence-electron chi connectivity index (χ0n) is 13.3. The standard InChI is InChI=1S/C17H17N3O4/c1-9(16(21)20-17(18)22)19-12-8-14-11(7-15(12)23-2)10-5-3-4-6-13(10)24-14/h3-9,19H,1-2H3,(H3,18,20,21,22)/t9-/m0/s1. The minimum Gasteiger partial charge on any atom is -0.495 e. The molecule has 0 spiro atoms. The topological polar surface area (TPSA) is 107 Å². The summed E-state index contributed by atoms with van der Waals surface area (Å²) in [7, 11) is 1.54. The quantitative estimate of drug-likeness (QED) is 0.683. The minimum atomic E-state index is -0.895. The minimum absolute atomic E-state index is 0.533. The summed E-state index contributed by atoms with van der Waals surface area (Å²) in [6.07, 6.45) is 0. The van der Waals surface area contributed by atoms with Crippen LogP contribution >= 0.6 is 0 Å². The van der Waals surface area contributed by atoms with Crippen molar-refractivity contribution in [2.24, 2.45) is 5.73 Å². The highest BCUT2D eigenvalue weighted by atomic mass is 16.5. The summed E-state index contributed by atoms with van der Waals surface area (Å²) < 4.78 is 11.2. The number of rotatable bonds is 4. The Hall–Kier alpha value is -3.22. The van der Waals surface area contributed by atoms with Gasteiger partial charge in [0.1, 0.15) is 23.0 Å². The van der Waals surface area contributed by atoms with Gasteiger partial charge >= 0.3 is 6.03 Å². The highest BCUT2D eigenvalue weighted by Crippen LogP contribution is 2.36. The molecule has 1 aromatic heterocycles. The second-order valence-electron chi connectivity index (χ2n) is 5.37. The molecule has 3 rings (SSSR count). The maximum atomic E-state index is 11.8. The van der Waals surface area contributed by atoms with Gasteiger partial charge in [0.05, 0.1) is 12.8 Å². The number of fused-ring (bicyclic) bond motifs is 3. The lowest BCUT2D eigenvalue weighted by Crippen LogP contribution is -2.43. The third-order valence-corrected chi connectivity index (χ3v) is 3.71. The first-order valence-corrected chi connectivity index (χ1v) is 7.35. The lowest BCUT2D eigenvalue weighted by Gasteiger charge is -2.16. The molecule has 1 atom stereocenters. The average Bonchev–Trinajstić information content (AvgIpc) is 2.90. The van der Waals surface area contributed by atoms with E-state index in [-0.39, 0.29) is 0 Å². The summed E-state index contributed by atoms with van der Waals surface area (Å²) in [5, 5.41) is 6.93. The van der Waals surface area contributed by atoms with Gasteiger partial charge in [0, 0.05) is 16.8 Å². The summed E-state index contributed by atoms with van der Waals surface area (Å²) in [5.41, 5.74) is 6.98. The van der Waals surface area contributed by atoms with Gasteiger partial charge in [-0.3, -0.25) is 10.1 Å². The van der Waals surface area contributed by atoms with Crippen molar-refractivity contribution in [2.75, 3.05) is 12.4 Å². The zero-order valence-corrected chi connectivity index (χ0v) is 13.3. The van der Waals surface area contributed by atoms with Crippen molar-refractivity contribution >= 4 is 39.6 Å². The number of hydrogen-bond acceptors (Lipinski definition) is 5. The van der Waals surface area contributed by atoms with E-state index in [1.54, 1.807) is 20.1 Å². The van der Waals surface area contributed by atoms with Crippen molar-refractivity contribution in [3.63, 3.8) is 0 Å². The number of urea groups is 1. The number of benzene rings is 2. The maximum Gasteiger partial charge on any atom is 0.318 e. The highest BCUT2D eigenvalue weighted by Gasteiger charge is 2.18. The molecule has 7 nitrogen and oxygen atoms in total. The molecular formula is C17H17N3O4. The van der Waals surface area contributed by atoms with Crippen molar-refractivity contribution in [1.82, 2.24) is 5.32 Å². The molecule has 0 unspecified atom stereocenters. The zero-order chi connectivity index (χ0) is 17.3. The number of nitrogens with one attached hydrogen (secondary N) is 2. The predicted octanol–water partition coefficient (Wildman–Crippen LogP) is 2.59. The van der Waals surface area contributed by atoms with Crippen LogP contribution in [0.3, 0.4) is 0 Å². The fourth-order valence-corrected chi connectivity index (χ4v) is 2.56. The van der Waals surface area contributed by atoms with Gasteiger partial charge in [-0.15, -0.1) is 0 Å². The smallest absolute Gasteiger partial charge is 0.318 e. The first-order valence-electron chi connectivity index (χ1n) is 7.35. The number of ether oxygens (including phenoxy) is 1. The number of nitrogens with two attached hydrogens (primary N) is 1. The van der Waals surface area contributed by atoms with Crippen LogP contribution in [-0.2, 0) is 4.79 Å². The van der Waals surface area contributed by atoms with Gasteiger partial charge in [0.2, 0.25) is 5.91 Å². The van der Waals surface area contributed by atoms with Crippen LogP contribution < -0.4 is 21.1 Å². The molecule has 124 valence electrons. The van der Waals surface area contributed by atoms with Gasteiger partial charge in [-0.1, -0.05) is 18.2 Å². The van der Waals surface area contributed by atoms with E-state index < -0.39 is 18.0 Å². The molecule has 4 N–H and O–H groups in total. The Morgan fingerprint density at radius 3 is 2.62 bits per heavy atom. The van der Waals surface area contributed by atoms with Crippen LogP contribution in [0.1, 0.15) is 6.92 Å². The van der Waals surface area contributed by atoms with Crippen LogP contribution in [0.15, 0.2) is 40.8 Å². The van der Waals surface area contributed by atoms with E-state index in [2.05, 4.69) is 5.32 Å². The Kier molecular flexibility index (Phi) is 3.99. The molecule has 24 heavy (non-hydrogen) atoms. The van der Waals surface area contributed by atoms with E-state index in [1.165, 1.54) is 0 Å². The highest BCUT2D eigenvalue weighted by molar-refractivity contribution is 6.07. The largest absolute Gasteiger partial charge is 0.495 e. The third kappa shape index (κ3) is 2.83. The van der Waals surface area contributed by atoms with E-state index in [1.807, 2.05) is 35.6 Å². The Bertz CT molecular complexity index is 932. The second kappa shape index (κ2) is 6.11. The maximum absolute atomic E-state index is 11.8. The van der Waals surface area contributed by atoms with Crippen LogP contribution in [0, 0.1) is 0 Å². The van der Waals surface area contributed by atoms with Gasteiger partial charge in [-0.05, 0) is 19.1 Å². The molecule has 0 saturated carbocycles. The van der Waals surface area contributed by atoms with Gasteiger partial charge in [-0.2, -0.15) is 0 Å². The van der Waals surface area contributed by atoms with E-state index in [4.69, 9.17) is 14.9 Å². The van der Waals surface area contributed by atoms with Gasteiger partial charge in [0.25, 0.3) is 0 Å². The van der Waals surface area contributed by atoms with E-state index in [9.17, 15) is 9.59 Å². The molecule has 0 saturated heterocycles. The molecular weight excluding hydrogens is 310 g/mol. The lowest BCUT2D eigenvalue weighted by molar-refractivity contribution is -0.120.